The van der Waals surface area contributed by atoms with Crippen LogP contribution in [0.25, 0.3) is 0 Å². The van der Waals surface area contributed by atoms with Gasteiger partial charge in [-0.2, -0.15) is 8.42 Å². The largest absolute Gasteiger partial charge is 0.299 e. The molecule has 2 aliphatic rings. The molecule has 0 N–H and O–H groups in total. The van der Waals surface area contributed by atoms with Crippen LogP contribution >= 0.6 is 0 Å². The monoisotopic (exact) mass is 308 g/mol. The van der Waals surface area contributed by atoms with Crippen LogP contribution in [0.2, 0.25) is 0 Å². The van der Waals surface area contributed by atoms with Gasteiger partial charge in [0.05, 0.1) is 16.4 Å². The third kappa shape index (κ3) is 2.14. The number of carbonyl (C=O) groups excluding carboxylic acids is 1. The van der Waals surface area contributed by atoms with E-state index in [1.165, 1.54) is 0 Å². The summed E-state index contributed by atoms with van der Waals surface area (Å²) in [7, 11) is -3.84. The molecule has 0 saturated heterocycles. The maximum absolute atomic E-state index is 12.4. The zero-order valence-electron chi connectivity index (χ0n) is 12.7. The fraction of sp³-hybridized carbons (Fsp3) is 0.562. The maximum atomic E-state index is 12.4. The highest BCUT2D eigenvalue weighted by Crippen LogP contribution is 2.62. The van der Waals surface area contributed by atoms with Crippen molar-refractivity contribution in [3.05, 3.63) is 29.8 Å². The highest BCUT2D eigenvalue weighted by molar-refractivity contribution is 7.86. The minimum absolute atomic E-state index is 0.0294. The number of carbonyl (C=O) groups is 1. The second-order valence-corrected chi connectivity index (χ2v) is 8.40. The lowest BCUT2D eigenvalue weighted by Gasteiger charge is -2.28. The van der Waals surface area contributed by atoms with Crippen molar-refractivity contribution in [2.45, 2.75) is 38.7 Å². The summed E-state index contributed by atoms with van der Waals surface area (Å²) in [6.07, 6.45) is -0.559. The highest BCUT2D eigenvalue weighted by Gasteiger charge is 2.69. The van der Waals surface area contributed by atoms with Gasteiger partial charge in [0.15, 0.2) is 0 Å². The smallest absolute Gasteiger partial charge is 0.297 e. The Labute approximate surface area is 125 Å². The van der Waals surface area contributed by atoms with Crippen LogP contribution in [-0.2, 0) is 19.1 Å². The minimum atomic E-state index is -3.84. The fourth-order valence-corrected chi connectivity index (χ4v) is 4.73. The highest BCUT2D eigenvalue weighted by atomic mass is 32.2. The first-order valence-electron chi connectivity index (χ1n) is 7.20. The van der Waals surface area contributed by atoms with E-state index in [0.29, 0.717) is 0 Å². The molecule has 0 aliphatic heterocycles. The Morgan fingerprint density at radius 2 is 1.71 bits per heavy atom. The zero-order chi connectivity index (χ0) is 15.6. The Bertz CT molecular complexity index is 687. The number of fused-ring (bicyclic) bond motifs is 1. The first-order chi connectivity index (χ1) is 9.66. The van der Waals surface area contributed by atoms with E-state index in [1.54, 1.807) is 38.1 Å². The summed E-state index contributed by atoms with van der Waals surface area (Å²) in [5, 5.41) is 0. The molecule has 1 aromatic rings. The van der Waals surface area contributed by atoms with E-state index in [2.05, 4.69) is 0 Å². The molecule has 4 atom stereocenters. The third-order valence-electron chi connectivity index (χ3n) is 4.99. The average Bonchev–Trinajstić information content (AvgIpc) is 3.00. The van der Waals surface area contributed by atoms with Gasteiger partial charge < -0.3 is 0 Å². The van der Waals surface area contributed by atoms with Gasteiger partial charge in [0, 0.05) is 11.8 Å². The van der Waals surface area contributed by atoms with Crippen LogP contribution in [0.3, 0.4) is 0 Å². The molecule has 0 amide bonds. The van der Waals surface area contributed by atoms with Gasteiger partial charge in [-0.15, -0.1) is 0 Å². The van der Waals surface area contributed by atoms with Gasteiger partial charge in [-0.1, -0.05) is 38.5 Å². The number of aryl methyl sites for hydroxylation is 1. The molecule has 2 fully saturated rings. The molecule has 2 saturated carbocycles. The van der Waals surface area contributed by atoms with Crippen molar-refractivity contribution < 1.29 is 17.4 Å². The molecule has 21 heavy (non-hydrogen) atoms. The van der Waals surface area contributed by atoms with Crippen LogP contribution in [0.5, 0.6) is 0 Å². The third-order valence-corrected chi connectivity index (χ3v) is 6.30. The molecular formula is C16H20O4S. The minimum Gasteiger partial charge on any atom is -0.299 e. The van der Waals surface area contributed by atoms with Crippen LogP contribution in [-0.4, -0.2) is 20.3 Å². The summed E-state index contributed by atoms with van der Waals surface area (Å²) in [6.45, 7) is 7.44. The molecule has 3 rings (SSSR count). The molecule has 0 unspecified atom stereocenters. The number of rotatable bonds is 3. The summed E-state index contributed by atoms with van der Waals surface area (Å²) < 4.78 is 30.3. The summed E-state index contributed by atoms with van der Waals surface area (Å²) in [6, 6.07) is 6.57. The van der Waals surface area contributed by atoms with E-state index >= 15 is 0 Å². The standard InChI is InChI=1S/C16H20O4S/c1-9-5-7-11(8-6-9)21(18,19)20-15-13-10(2)12(13)14(17)16(15,3)4/h5-8,10,12-13,15H,1-4H3/t10-,12-,13+,15-/m0/s1. The molecule has 114 valence electrons. The van der Waals surface area contributed by atoms with E-state index in [0.717, 1.165) is 5.56 Å². The Hall–Kier alpha value is -1.20. The van der Waals surface area contributed by atoms with Gasteiger partial charge in [-0.3, -0.25) is 8.98 Å². The molecule has 1 aromatic carbocycles. The Morgan fingerprint density at radius 1 is 1.14 bits per heavy atom. The number of ketones is 1. The van der Waals surface area contributed by atoms with E-state index in [9.17, 15) is 13.2 Å². The molecule has 0 spiro atoms. The molecule has 0 aromatic heterocycles. The molecule has 5 heteroatoms. The maximum Gasteiger partial charge on any atom is 0.297 e. The van der Waals surface area contributed by atoms with Gasteiger partial charge in [0.2, 0.25) is 0 Å². The molecule has 0 heterocycles. The number of Topliss-reactive ketones (excluding diaryl/α,β-unsaturated/α-hetero) is 1. The Balaban J connectivity index is 1.89. The van der Waals surface area contributed by atoms with Gasteiger partial charge >= 0.3 is 0 Å². The molecular weight excluding hydrogens is 288 g/mol. The second kappa shape index (κ2) is 4.40. The normalized spacial score (nSPS) is 33.8. The van der Waals surface area contributed by atoms with Gasteiger partial charge in [0.25, 0.3) is 10.1 Å². The summed E-state index contributed by atoms with van der Waals surface area (Å²) >= 11 is 0. The molecule has 0 radical (unpaired) electrons. The van der Waals surface area contributed by atoms with Crippen molar-refractivity contribution in [2.75, 3.05) is 0 Å². The first kappa shape index (κ1) is 14.7. The number of hydrogen-bond acceptors (Lipinski definition) is 4. The van der Waals surface area contributed by atoms with E-state index in [-0.39, 0.29) is 28.4 Å². The van der Waals surface area contributed by atoms with E-state index in [4.69, 9.17) is 4.18 Å². The fourth-order valence-electron chi connectivity index (χ4n) is 3.50. The van der Waals surface area contributed by atoms with E-state index < -0.39 is 21.6 Å². The quantitative estimate of drug-likeness (QED) is 0.805. The van der Waals surface area contributed by atoms with Crippen molar-refractivity contribution in [1.29, 1.82) is 0 Å². The predicted octanol–water partition coefficient (Wildman–Crippen LogP) is 2.56. The Kier molecular flexibility index (Phi) is 3.08. The van der Waals surface area contributed by atoms with Crippen LogP contribution in [0.1, 0.15) is 26.3 Å². The van der Waals surface area contributed by atoms with Gasteiger partial charge in [-0.05, 0) is 25.0 Å². The van der Waals surface area contributed by atoms with E-state index in [1.807, 2.05) is 13.8 Å². The predicted molar refractivity (Wildman–Crippen MR) is 78.2 cm³/mol. The average molecular weight is 308 g/mol. The lowest BCUT2D eigenvalue weighted by molar-refractivity contribution is -0.129. The van der Waals surface area contributed by atoms with Crippen LogP contribution in [0.15, 0.2) is 29.2 Å². The summed E-state index contributed by atoms with van der Waals surface area (Å²) in [5.74, 6) is 0.360. The summed E-state index contributed by atoms with van der Waals surface area (Å²) in [5.41, 5.74) is 0.251. The van der Waals surface area contributed by atoms with Crippen LogP contribution in [0.4, 0.5) is 0 Å². The molecule has 2 aliphatic carbocycles. The van der Waals surface area contributed by atoms with Crippen molar-refractivity contribution in [3.63, 3.8) is 0 Å². The van der Waals surface area contributed by atoms with Crippen molar-refractivity contribution in [3.8, 4) is 0 Å². The number of benzene rings is 1. The topological polar surface area (TPSA) is 60.4 Å². The lowest BCUT2D eigenvalue weighted by atomic mass is 9.83. The van der Waals surface area contributed by atoms with Crippen molar-refractivity contribution in [1.82, 2.24) is 0 Å². The van der Waals surface area contributed by atoms with Crippen molar-refractivity contribution >= 4 is 15.9 Å². The molecule has 4 nitrogen and oxygen atoms in total. The number of hydrogen-bond donors (Lipinski definition) is 0. The van der Waals surface area contributed by atoms with Gasteiger partial charge in [-0.25, -0.2) is 0 Å². The van der Waals surface area contributed by atoms with Gasteiger partial charge in [0.1, 0.15) is 5.78 Å². The Morgan fingerprint density at radius 3 is 2.24 bits per heavy atom. The van der Waals surface area contributed by atoms with Crippen LogP contribution < -0.4 is 0 Å². The SMILES string of the molecule is Cc1ccc(S(=O)(=O)O[C@H]2[C@@H]3[C@@H](C)[C@@H]3C(=O)C2(C)C)cc1. The lowest BCUT2D eigenvalue weighted by Crippen LogP contribution is -2.38. The van der Waals surface area contributed by atoms with Crippen molar-refractivity contribution in [2.24, 2.45) is 23.2 Å². The summed E-state index contributed by atoms with van der Waals surface area (Å²) in [4.78, 5) is 12.4. The van der Waals surface area contributed by atoms with Crippen LogP contribution in [0, 0.1) is 30.1 Å². The second-order valence-electron chi connectivity index (χ2n) is 6.83. The zero-order valence-corrected chi connectivity index (χ0v) is 13.5. The molecule has 0 bridgehead atoms. The first-order valence-corrected chi connectivity index (χ1v) is 8.61.